The second-order valence-electron chi connectivity index (χ2n) is 15.6. The molecule has 0 aliphatic carbocycles. The number of ether oxygens (including phenoxy) is 1. The number of thiocarbonyl (C=S) groups is 1. The number of carbonyl (C=O) groups excluding carboxylic acids is 5. The van der Waals surface area contributed by atoms with Crippen LogP contribution in [0, 0.1) is 0 Å². The molecule has 1 aromatic rings. The third-order valence-corrected chi connectivity index (χ3v) is 16.2. The second-order valence-corrected chi connectivity index (χ2v) is 22.3. The van der Waals surface area contributed by atoms with Crippen molar-refractivity contribution in [3.05, 3.63) is 35.9 Å². The van der Waals surface area contributed by atoms with Gasteiger partial charge in [-0.3, -0.25) is 24.0 Å². The maximum atomic E-state index is 13.9. The lowest BCUT2D eigenvalue weighted by Gasteiger charge is -2.38. The molecule has 14 heteroatoms. The maximum absolute atomic E-state index is 13.9. The van der Waals surface area contributed by atoms with Crippen LogP contribution < -0.4 is 16.0 Å². The van der Waals surface area contributed by atoms with Crippen molar-refractivity contribution in [3.63, 3.8) is 0 Å². The summed E-state index contributed by atoms with van der Waals surface area (Å²) in [4.78, 5) is 70.1. The Morgan fingerprint density at radius 2 is 1.73 bits per heavy atom. The van der Waals surface area contributed by atoms with Crippen LogP contribution in [0.3, 0.4) is 0 Å². The van der Waals surface area contributed by atoms with Gasteiger partial charge in [0, 0.05) is 24.6 Å². The van der Waals surface area contributed by atoms with E-state index in [0.29, 0.717) is 43.2 Å². The summed E-state index contributed by atoms with van der Waals surface area (Å²) in [7, 11) is -2.16. The van der Waals surface area contributed by atoms with E-state index in [-0.39, 0.29) is 41.2 Å². The Labute approximate surface area is 314 Å². The molecule has 284 valence electrons. The van der Waals surface area contributed by atoms with Crippen LogP contribution in [0.2, 0.25) is 18.1 Å². The minimum absolute atomic E-state index is 0.00544. The van der Waals surface area contributed by atoms with Gasteiger partial charge in [0.2, 0.25) is 28.0 Å². The van der Waals surface area contributed by atoms with Gasteiger partial charge in [0.15, 0.2) is 14.1 Å². The lowest BCUT2D eigenvalue weighted by Crippen LogP contribution is -2.64. The summed E-state index contributed by atoms with van der Waals surface area (Å²) in [6.45, 7) is 18.2. The molecule has 0 saturated carbocycles. The van der Waals surface area contributed by atoms with Crippen LogP contribution in [0.4, 0.5) is 0 Å². The number of hydrogen-bond acceptors (Lipinski definition) is 9. The summed E-state index contributed by atoms with van der Waals surface area (Å²) in [6, 6.07) is 6.69. The first-order chi connectivity index (χ1) is 23.8. The highest BCUT2D eigenvalue weighted by Crippen LogP contribution is 2.37. The number of nitrogens with one attached hydrogen (secondary N) is 3. The van der Waals surface area contributed by atoms with Gasteiger partial charge in [-0.2, -0.15) is 0 Å². The van der Waals surface area contributed by atoms with Crippen molar-refractivity contribution in [3.8, 4) is 0 Å². The van der Waals surface area contributed by atoms with Gasteiger partial charge in [0.05, 0.1) is 6.61 Å². The van der Waals surface area contributed by atoms with Crippen molar-refractivity contribution in [2.24, 2.45) is 0 Å². The van der Waals surface area contributed by atoms with E-state index in [1.165, 1.54) is 16.7 Å². The van der Waals surface area contributed by atoms with E-state index in [2.05, 4.69) is 49.8 Å². The first kappa shape index (κ1) is 42.6. The molecule has 0 aromatic heterocycles. The molecule has 2 heterocycles. The molecule has 3 N–H and O–H groups in total. The molecule has 4 amide bonds. The van der Waals surface area contributed by atoms with Gasteiger partial charge in [0.1, 0.15) is 29.8 Å². The Morgan fingerprint density at radius 1 is 1.06 bits per heavy atom. The summed E-state index contributed by atoms with van der Waals surface area (Å²) in [5, 5.41) is 8.39. The van der Waals surface area contributed by atoms with Gasteiger partial charge in [-0.25, -0.2) is 0 Å². The molecule has 0 spiro atoms. The molecule has 2 fully saturated rings. The zero-order valence-corrected chi connectivity index (χ0v) is 34.4. The first-order valence-electron chi connectivity index (χ1n) is 18.1. The number of thioether (sulfide) groups is 1. The number of ketones is 1. The van der Waals surface area contributed by atoms with Crippen LogP contribution in [0.25, 0.3) is 0 Å². The molecule has 1 unspecified atom stereocenters. The molecular formula is C37H58N4O7S2Si. The highest BCUT2D eigenvalue weighted by Gasteiger charge is 2.43. The van der Waals surface area contributed by atoms with Crippen molar-refractivity contribution in [2.75, 3.05) is 13.2 Å². The molecule has 1 aromatic carbocycles. The zero-order valence-electron chi connectivity index (χ0n) is 31.8. The van der Waals surface area contributed by atoms with Crippen LogP contribution in [0.5, 0.6) is 0 Å². The van der Waals surface area contributed by atoms with Crippen molar-refractivity contribution >= 4 is 66.1 Å². The van der Waals surface area contributed by atoms with E-state index in [1.54, 1.807) is 20.8 Å². The molecule has 0 radical (unpaired) electrons. The monoisotopic (exact) mass is 762 g/mol. The third-order valence-electron chi connectivity index (χ3n) is 10.1. The number of hydrogen-bond donors (Lipinski definition) is 3. The molecule has 0 bridgehead atoms. The highest BCUT2D eigenvalue weighted by molar-refractivity contribution is 8.23. The molecule has 2 aliphatic heterocycles. The summed E-state index contributed by atoms with van der Waals surface area (Å²) in [5.74, 6) is -1.77. The van der Waals surface area contributed by atoms with Gasteiger partial charge in [0.25, 0.3) is 0 Å². The number of Topliss-reactive ketones (excluding diaryl/α,β-unsaturated/α-hetero) is 1. The van der Waals surface area contributed by atoms with Crippen LogP contribution in [-0.4, -0.2) is 95.2 Å². The summed E-state index contributed by atoms with van der Waals surface area (Å²) >= 11 is 6.78. The van der Waals surface area contributed by atoms with E-state index < -0.39 is 55.8 Å². The van der Waals surface area contributed by atoms with Crippen molar-refractivity contribution in [1.82, 2.24) is 20.9 Å². The van der Waals surface area contributed by atoms with Crippen LogP contribution in [-0.2, 0) is 39.6 Å². The van der Waals surface area contributed by atoms with E-state index in [4.69, 9.17) is 21.4 Å². The Kier molecular flexibility index (Phi) is 15.3. The smallest absolute Gasteiger partial charge is 0.246 e. The van der Waals surface area contributed by atoms with Crippen molar-refractivity contribution < 1.29 is 33.1 Å². The zero-order chi connectivity index (χ0) is 38.1. The van der Waals surface area contributed by atoms with Crippen molar-refractivity contribution in [1.29, 1.82) is 0 Å². The molecule has 51 heavy (non-hydrogen) atoms. The number of nitrogens with zero attached hydrogens (tertiary/aromatic N) is 1. The highest BCUT2D eigenvalue weighted by atomic mass is 32.2. The first-order valence-corrected chi connectivity index (χ1v) is 22.3. The van der Waals surface area contributed by atoms with Gasteiger partial charge in [-0.05, 0) is 95.7 Å². The van der Waals surface area contributed by atoms with E-state index in [0.717, 1.165) is 5.56 Å². The van der Waals surface area contributed by atoms with Gasteiger partial charge in [-0.15, -0.1) is 0 Å². The SMILES string of the molecule is CCOC(=S)S[C@@H](CCC(=O)C(C)O[Si](C)(C)C(C)(C)C)CC[C@@H]1NC(=O)[C@H]2CCCN2C(=O)[C@H](Cc2ccccc2)NC(=O)C(C)(C)NC1=O. The lowest BCUT2D eigenvalue weighted by molar-refractivity contribution is -0.144. The molecule has 5 atom stereocenters. The quantitative estimate of drug-likeness (QED) is 0.186. The van der Waals surface area contributed by atoms with E-state index >= 15 is 0 Å². The summed E-state index contributed by atoms with van der Waals surface area (Å²) < 4.78 is 12.2. The average molecular weight is 763 g/mol. The van der Waals surface area contributed by atoms with Gasteiger partial charge in [-0.1, -0.05) is 62.9 Å². The minimum Gasteiger partial charge on any atom is -0.479 e. The maximum Gasteiger partial charge on any atom is 0.246 e. The Morgan fingerprint density at radius 3 is 2.35 bits per heavy atom. The number of benzene rings is 1. The summed E-state index contributed by atoms with van der Waals surface area (Å²) in [6.07, 6.45) is 2.11. The Balaban J connectivity index is 1.81. The van der Waals surface area contributed by atoms with Gasteiger partial charge >= 0.3 is 0 Å². The molecule has 2 saturated heterocycles. The van der Waals surface area contributed by atoms with E-state index in [1.807, 2.05) is 37.3 Å². The Hall–Kier alpha value is -2.81. The fourth-order valence-corrected chi connectivity index (χ4v) is 8.82. The molecular weight excluding hydrogens is 705 g/mol. The largest absolute Gasteiger partial charge is 0.479 e. The minimum atomic E-state index is -2.16. The number of rotatable bonds is 13. The standard InChI is InChI=1S/C37H58N4O7S2Si/c1-10-47-35(49)50-26(19-21-30(42)24(2)48-51(8,9)36(3,4)5)18-20-27-31(43)40-37(6,7)34(46)39-28(23-25-15-12-11-13-16-25)33(45)41-22-14-17-29(41)32(44)38-27/h11-13,15-16,24,26-29H,10,14,17-23H2,1-9H3,(H,38,44)(H,39,46)(H,40,43)/t24?,26-,27+,28+,29-/m1/s1. The number of carbonyl (C=O) groups is 5. The average Bonchev–Trinajstić information content (AvgIpc) is 3.54. The fraction of sp³-hybridized carbons (Fsp3) is 0.676. The fourth-order valence-electron chi connectivity index (χ4n) is 5.97. The third kappa shape index (κ3) is 12.1. The topological polar surface area (TPSA) is 143 Å². The summed E-state index contributed by atoms with van der Waals surface area (Å²) in [5.41, 5.74) is -0.531. The number of fused-ring (bicyclic) bond motifs is 1. The predicted molar refractivity (Wildman–Crippen MR) is 208 cm³/mol. The molecule has 11 nitrogen and oxygen atoms in total. The lowest BCUT2D eigenvalue weighted by atomic mass is 9.98. The second kappa shape index (κ2) is 18.3. The number of amides is 4. The Bertz CT molecular complexity index is 1420. The normalized spacial score (nSPS) is 22.8. The van der Waals surface area contributed by atoms with Crippen molar-refractivity contribution in [2.45, 2.75) is 147 Å². The predicted octanol–water partition coefficient (Wildman–Crippen LogP) is 5.06. The molecule has 3 rings (SSSR count). The van der Waals surface area contributed by atoms with Crippen LogP contribution in [0.15, 0.2) is 30.3 Å². The van der Waals surface area contributed by atoms with Crippen LogP contribution in [0.1, 0.15) is 92.6 Å². The van der Waals surface area contributed by atoms with Crippen LogP contribution >= 0.6 is 24.0 Å². The van der Waals surface area contributed by atoms with E-state index in [9.17, 15) is 24.0 Å². The molecule has 2 aliphatic rings. The van der Waals surface area contributed by atoms with Gasteiger partial charge < -0.3 is 30.0 Å².